The Morgan fingerprint density at radius 3 is 3.00 bits per heavy atom. The first-order chi connectivity index (χ1) is 11.0. The third-order valence-electron chi connectivity index (χ3n) is 4.37. The van der Waals surface area contributed by atoms with Gasteiger partial charge < -0.3 is 10.6 Å². The highest BCUT2D eigenvalue weighted by Gasteiger charge is 2.27. The van der Waals surface area contributed by atoms with E-state index in [-0.39, 0.29) is 11.9 Å². The minimum atomic E-state index is -0.0101. The Labute approximate surface area is 144 Å². The molecule has 2 unspecified atom stereocenters. The quantitative estimate of drug-likeness (QED) is 0.895. The second-order valence-electron chi connectivity index (χ2n) is 6.14. The van der Waals surface area contributed by atoms with Gasteiger partial charge in [0.2, 0.25) is 0 Å². The number of aromatic nitrogens is 2. The van der Waals surface area contributed by atoms with Crippen LogP contribution in [0, 0.1) is 5.92 Å². The first-order valence-electron chi connectivity index (χ1n) is 7.91. The number of nitrogens with zero attached hydrogens (tertiary/aromatic N) is 3. The van der Waals surface area contributed by atoms with Crippen LogP contribution in [0.1, 0.15) is 30.3 Å². The summed E-state index contributed by atoms with van der Waals surface area (Å²) in [5.41, 5.74) is 7.40. The molecule has 0 saturated carbocycles. The molecule has 0 bridgehead atoms. The van der Waals surface area contributed by atoms with Gasteiger partial charge in [0.15, 0.2) is 5.69 Å². The zero-order valence-electron chi connectivity index (χ0n) is 13.2. The number of carbonyl (C=O) groups excluding carboxylic acids is 1. The van der Waals surface area contributed by atoms with E-state index < -0.39 is 0 Å². The number of rotatable bonds is 3. The lowest BCUT2D eigenvalue weighted by molar-refractivity contribution is 0.0654. The van der Waals surface area contributed by atoms with Crippen molar-refractivity contribution in [1.82, 2.24) is 14.7 Å². The number of amides is 1. The molecule has 0 aliphatic carbocycles. The summed E-state index contributed by atoms with van der Waals surface area (Å²) in [6.45, 7) is 3.52. The number of benzene rings is 1. The van der Waals surface area contributed by atoms with Gasteiger partial charge in [-0.25, -0.2) is 4.68 Å². The van der Waals surface area contributed by atoms with Crippen LogP contribution in [-0.4, -0.2) is 39.7 Å². The zero-order chi connectivity index (χ0) is 16.4. The van der Waals surface area contributed by atoms with Gasteiger partial charge in [0.05, 0.1) is 5.69 Å². The Hall–Kier alpha value is -1.66. The highest BCUT2D eigenvalue weighted by atomic mass is 79.9. The van der Waals surface area contributed by atoms with E-state index in [4.69, 9.17) is 5.73 Å². The van der Waals surface area contributed by atoms with E-state index in [2.05, 4.69) is 21.0 Å². The van der Waals surface area contributed by atoms with Crippen molar-refractivity contribution in [2.45, 2.75) is 25.8 Å². The van der Waals surface area contributed by atoms with E-state index in [1.807, 2.05) is 42.3 Å². The van der Waals surface area contributed by atoms with Gasteiger partial charge in [-0.05, 0) is 49.9 Å². The monoisotopic (exact) mass is 376 g/mol. The highest BCUT2D eigenvalue weighted by Crippen LogP contribution is 2.21. The lowest BCUT2D eigenvalue weighted by Crippen LogP contribution is -2.45. The van der Waals surface area contributed by atoms with Gasteiger partial charge in [0.25, 0.3) is 5.91 Å². The summed E-state index contributed by atoms with van der Waals surface area (Å²) in [5.74, 6) is 0.365. The van der Waals surface area contributed by atoms with Gasteiger partial charge in [-0.15, -0.1) is 0 Å². The van der Waals surface area contributed by atoms with E-state index >= 15 is 0 Å². The SMILES string of the molecule is CC(N)C1CCCN(C(=O)c2ccn(-c3cccc(Br)c3)n2)C1. The molecule has 1 aromatic carbocycles. The van der Waals surface area contributed by atoms with Crippen molar-refractivity contribution >= 4 is 21.8 Å². The smallest absolute Gasteiger partial charge is 0.274 e. The molecule has 0 radical (unpaired) electrons. The molecule has 2 atom stereocenters. The third kappa shape index (κ3) is 3.64. The van der Waals surface area contributed by atoms with E-state index in [1.54, 1.807) is 10.7 Å². The summed E-state index contributed by atoms with van der Waals surface area (Å²) in [4.78, 5) is 14.6. The molecule has 2 aromatic rings. The molecule has 1 aliphatic heterocycles. The molecular weight excluding hydrogens is 356 g/mol. The molecule has 6 heteroatoms. The second kappa shape index (κ2) is 6.84. The average Bonchev–Trinajstić information content (AvgIpc) is 3.04. The minimum absolute atomic E-state index is 0.0101. The lowest BCUT2D eigenvalue weighted by Gasteiger charge is -2.34. The van der Waals surface area contributed by atoms with E-state index in [9.17, 15) is 4.79 Å². The molecule has 23 heavy (non-hydrogen) atoms. The maximum atomic E-state index is 12.7. The summed E-state index contributed by atoms with van der Waals surface area (Å²) >= 11 is 3.45. The lowest BCUT2D eigenvalue weighted by atomic mass is 9.92. The van der Waals surface area contributed by atoms with Gasteiger partial charge in [-0.2, -0.15) is 5.10 Å². The van der Waals surface area contributed by atoms with Crippen LogP contribution < -0.4 is 5.73 Å². The number of hydrogen-bond donors (Lipinski definition) is 1. The van der Waals surface area contributed by atoms with Crippen molar-refractivity contribution < 1.29 is 4.79 Å². The van der Waals surface area contributed by atoms with Gasteiger partial charge in [0.1, 0.15) is 0 Å². The first kappa shape index (κ1) is 16.2. The molecule has 1 amide bonds. The normalized spacial score (nSPS) is 19.6. The Bertz CT molecular complexity index is 697. The number of piperidine rings is 1. The highest BCUT2D eigenvalue weighted by molar-refractivity contribution is 9.10. The molecule has 1 aliphatic rings. The fourth-order valence-corrected chi connectivity index (χ4v) is 3.37. The maximum absolute atomic E-state index is 12.7. The van der Waals surface area contributed by atoms with Crippen molar-refractivity contribution in [2.75, 3.05) is 13.1 Å². The summed E-state index contributed by atoms with van der Waals surface area (Å²) in [6, 6.07) is 9.72. The number of hydrogen-bond acceptors (Lipinski definition) is 3. The van der Waals surface area contributed by atoms with Crippen molar-refractivity contribution in [3.8, 4) is 5.69 Å². The molecular formula is C17H21BrN4O. The van der Waals surface area contributed by atoms with Crippen LogP contribution in [0.5, 0.6) is 0 Å². The van der Waals surface area contributed by atoms with Gasteiger partial charge in [-0.3, -0.25) is 4.79 Å². The van der Waals surface area contributed by atoms with Crippen molar-refractivity contribution in [2.24, 2.45) is 11.7 Å². The van der Waals surface area contributed by atoms with Gasteiger partial charge >= 0.3 is 0 Å². The van der Waals surface area contributed by atoms with E-state index in [1.165, 1.54) is 0 Å². The molecule has 1 saturated heterocycles. The van der Waals surface area contributed by atoms with Crippen LogP contribution in [-0.2, 0) is 0 Å². The van der Waals surface area contributed by atoms with Crippen LogP contribution in [0.3, 0.4) is 0 Å². The maximum Gasteiger partial charge on any atom is 0.274 e. The van der Waals surface area contributed by atoms with Gasteiger partial charge in [0, 0.05) is 29.8 Å². The van der Waals surface area contributed by atoms with Crippen molar-refractivity contribution in [1.29, 1.82) is 0 Å². The van der Waals surface area contributed by atoms with Crippen molar-refractivity contribution in [3.63, 3.8) is 0 Å². The zero-order valence-corrected chi connectivity index (χ0v) is 14.7. The van der Waals surface area contributed by atoms with E-state index in [0.29, 0.717) is 11.6 Å². The fourth-order valence-electron chi connectivity index (χ4n) is 2.99. The number of carbonyl (C=O) groups is 1. The molecule has 0 spiro atoms. The summed E-state index contributed by atoms with van der Waals surface area (Å²) < 4.78 is 2.71. The Morgan fingerprint density at radius 1 is 1.43 bits per heavy atom. The molecule has 1 aromatic heterocycles. The van der Waals surface area contributed by atoms with E-state index in [0.717, 1.165) is 36.1 Å². The molecule has 5 nitrogen and oxygen atoms in total. The van der Waals surface area contributed by atoms with Crippen LogP contribution in [0.15, 0.2) is 41.0 Å². The van der Waals surface area contributed by atoms with Crippen molar-refractivity contribution in [3.05, 3.63) is 46.7 Å². The Morgan fingerprint density at radius 2 is 2.26 bits per heavy atom. The second-order valence-corrected chi connectivity index (χ2v) is 7.05. The summed E-state index contributed by atoms with van der Waals surface area (Å²) in [5, 5.41) is 4.44. The summed E-state index contributed by atoms with van der Waals surface area (Å²) in [7, 11) is 0. The molecule has 2 heterocycles. The van der Waals surface area contributed by atoms with Crippen LogP contribution in [0.2, 0.25) is 0 Å². The minimum Gasteiger partial charge on any atom is -0.337 e. The topological polar surface area (TPSA) is 64.2 Å². The number of likely N-dealkylation sites (tertiary alicyclic amines) is 1. The number of halogens is 1. The predicted octanol–water partition coefficient (Wildman–Crippen LogP) is 2.83. The van der Waals surface area contributed by atoms with Crippen LogP contribution in [0.4, 0.5) is 0 Å². The fraction of sp³-hybridized carbons (Fsp3) is 0.412. The van der Waals surface area contributed by atoms with Crippen LogP contribution >= 0.6 is 15.9 Å². The Kier molecular flexibility index (Phi) is 4.82. The Balaban J connectivity index is 1.76. The largest absolute Gasteiger partial charge is 0.337 e. The van der Waals surface area contributed by atoms with Crippen LogP contribution in [0.25, 0.3) is 5.69 Å². The summed E-state index contributed by atoms with van der Waals surface area (Å²) in [6.07, 6.45) is 3.92. The third-order valence-corrected chi connectivity index (χ3v) is 4.86. The standard InChI is InChI=1S/C17H21BrN4O/c1-12(19)13-4-3-8-21(11-13)17(23)16-7-9-22(20-16)15-6-2-5-14(18)10-15/h2,5-7,9-10,12-13H,3-4,8,11,19H2,1H3. The molecule has 1 fully saturated rings. The number of nitrogens with two attached hydrogens (primary N) is 1. The molecule has 122 valence electrons. The predicted molar refractivity (Wildman–Crippen MR) is 93.5 cm³/mol. The van der Waals surface area contributed by atoms with Gasteiger partial charge in [-0.1, -0.05) is 22.0 Å². The molecule has 2 N–H and O–H groups in total. The first-order valence-corrected chi connectivity index (χ1v) is 8.70. The average molecular weight is 377 g/mol. The molecule has 3 rings (SSSR count).